The summed E-state index contributed by atoms with van der Waals surface area (Å²) in [7, 11) is 0. The second kappa shape index (κ2) is 5.89. The normalized spacial score (nSPS) is 24.5. The minimum atomic E-state index is 0.217. The average Bonchev–Trinajstić information content (AvgIpc) is 3.00. The second-order valence-corrected chi connectivity index (χ2v) is 6.04. The molecule has 3 heterocycles. The van der Waals surface area contributed by atoms with Crippen molar-refractivity contribution >= 4 is 5.71 Å². The zero-order valence-electron chi connectivity index (χ0n) is 12.5. The summed E-state index contributed by atoms with van der Waals surface area (Å²) in [5.41, 5.74) is 7.07. The SMILES string of the molecule is c1ccc(CN2CCC3=NNC(c4ccccn4)C3C2)cc1. The highest BCUT2D eigenvalue weighted by atomic mass is 15.4. The van der Waals surface area contributed by atoms with Crippen molar-refractivity contribution in [2.75, 3.05) is 13.1 Å². The summed E-state index contributed by atoms with van der Waals surface area (Å²) in [6.07, 6.45) is 2.91. The lowest BCUT2D eigenvalue weighted by molar-refractivity contribution is 0.219. The second-order valence-electron chi connectivity index (χ2n) is 6.04. The molecule has 2 aliphatic heterocycles. The molecule has 0 spiro atoms. The molecule has 112 valence electrons. The third kappa shape index (κ3) is 2.62. The molecule has 2 aliphatic rings. The van der Waals surface area contributed by atoms with Crippen LogP contribution >= 0.6 is 0 Å². The Morgan fingerprint density at radius 1 is 1.09 bits per heavy atom. The first-order valence-electron chi connectivity index (χ1n) is 7.89. The fourth-order valence-corrected chi connectivity index (χ4v) is 3.43. The summed E-state index contributed by atoms with van der Waals surface area (Å²) in [5.74, 6) is 0.437. The van der Waals surface area contributed by atoms with Gasteiger partial charge in [0.05, 0.1) is 11.7 Å². The van der Waals surface area contributed by atoms with Crippen molar-refractivity contribution in [3.8, 4) is 0 Å². The van der Waals surface area contributed by atoms with Crippen molar-refractivity contribution in [3.05, 3.63) is 66.0 Å². The lowest BCUT2D eigenvalue weighted by atomic mass is 9.88. The van der Waals surface area contributed by atoms with E-state index in [1.54, 1.807) is 0 Å². The van der Waals surface area contributed by atoms with E-state index in [4.69, 9.17) is 0 Å². The van der Waals surface area contributed by atoms with Crippen LogP contribution in [0.3, 0.4) is 0 Å². The molecule has 4 nitrogen and oxygen atoms in total. The van der Waals surface area contributed by atoms with Crippen molar-refractivity contribution in [2.24, 2.45) is 11.0 Å². The first-order valence-corrected chi connectivity index (χ1v) is 7.89. The average molecular weight is 292 g/mol. The van der Waals surface area contributed by atoms with Crippen LogP contribution < -0.4 is 5.43 Å². The van der Waals surface area contributed by atoms with Gasteiger partial charge < -0.3 is 5.43 Å². The molecule has 1 aromatic heterocycles. The van der Waals surface area contributed by atoms with Gasteiger partial charge in [-0.1, -0.05) is 36.4 Å². The summed E-state index contributed by atoms with van der Waals surface area (Å²) < 4.78 is 0. The number of likely N-dealkylation sites (tertiary alicyclic amines) is 1. The molecule has 1 N–H and O–H groups in total. The molecule has 0 radical (unpaired) electrons. The van der Waals surface area contributed by atoms with Gasteiger partial charge in [0.2, 0.25) is 0 Å². The van der Waals surface area contributed by atoms with Gasteiger partial charge in [0.15, 0.2) is 0 Å². The van der Waals surface area contributed by atoms with Gasteiger partial charge in [0, 0.05) is 43.9 Å². The van der Waals surface area contributed by atoms with E-state index in [9.17, 15) is 0 Å². The van der Waals surface area contributed by atoms with Gasteiger partial charge in [-0.15, -0.1) is 0 Å². The fraction of sp³-hybridized carbons (Fsp3) is 0.333. The molecule has 2 unspecified atom stereocenters. The Morgan fingerprint density at radius 3 is 2.77 bits per heavy atom. The van der Waals surface area contributed by atoms with E-state index in [2.05, 4.69) is 56.8 Å². The summed E-state index contributed by atoms with van der Waals surface area (Å²) in [6, 6.07) is 17.0. The Kier molecular flexibility index (Phi) is 3.60. The minimum Gasteiger partial charge on any atom is -0.300 e. The predicted octanol–water partition coefficient (Wildman–Crippen LogP) is 2.60. The maximum absolute atomic E-state index is 4.56. The van der Waals surface area contributed by atoms with Gasteiger partial charge in [-0.2, -0.15) is 5.10 Å². The molecule has 0 amide bonds. The number of rotatable bonds is 3. The lowest BCUT2D eigenvalue weighted by Gasteiger charge is -2.33. The maximum atomic E-state index is 4.56. The molecular weight excluding hydrogens is 272 g/mol. The number of benzene rings is 1. The van der Waals surface area contributed by atoms with Gasteiger partial charge >= 0.3 is 0 Å². The van der Waals surface area contributed by atoms with Gasteiger partial charge in [0.1, 0.15) is 0 Å². The number of nitrogens with zero attached hydrogens (tertiary/aromatic N) is 3. The summed E-state index contributed by atoms with van der Waals surface area (Å²) in [4.78, 5) is 7.04. The molecule has 1 saturated heterocycles. The molecule has 1 fully saturated rings. The van der Waals surface area contributed by atoms with Crippen LogP contribution in [0.1, 0.15) is 23.7 Å². The number of hydrazone groups is 1. The Hall–Kier alpha value is -2.20. The van der Waals surface area contributed by atoms with Crippen molar-refractivity contribution in [2.45, 2.75) is 19.0 Å². The molecule has 22 heavy (non-hydrogen) atoms. The Balaban J connectivity index is 1.49. The molecular formula is C18H20N4. The fourth-order valence-electron chi connectivity index (χ4n) is 3.43. The van der Waals surface area contributed by atoms with E-state index in [-0.39, 0.29) is 6.04 Å². The van der Waals surface area contributed by atoms with Crippen LogP contribution in [0.5, 0.6) is 0 Å². The summed E-state index contributed by atoms with van der Waals surface area (Å²) in [5, 5.41) is 4.56. The number of aromatic nitrogens is 1. The maximum Gasteiger partial charge on any atom is 0.0953 e. The standard InChI is InChI=1S/C18H20N4/c1-2-6-14(7-3-1)12-22-11-9-16-15(13-22)18(21-20-16)17-8-4-5-10-19-17/h1-8,10,15,18,21H,9,11-13H2. The van der Waals surface area contributed by atoms with Crippen molar-refractivity contribution < 1.29 is 0 Å². The van der Waals surface area contributed by atoms with Crippen LogP contribution in [0, 0.1) is 5.92 Å². The van der Waals surface area contributed by atoms with Crippen LogP contribution in [0.4, 0.5) is 0 Å². The van der Waals surface area contributed by atoms with Crippen molar-refractivity contribution in [3.63, 3.8) is 0 Å². The third-order valence-corrected chi connectivity index (χ3v) is 4.57. The number of hydrogen-bond acceptors (Lipinski definition) is 4. The van der Waals surface area contributed by atoms with Crippen LogP contribution in [0.2, 0.25) is 0 Å². The topological polar surface area (TPSA) is 40.5 Å². The molecule has 2 atom stereocenters. The van der Waals surface area contributed by atoms with Gasteiger partial charge in [0.25, 0.3) is 0 Å². The number of piperidine rings is 1. The van der Waals surface area contributed by atoms with E-state index < -0.39 is 0 Å². The monoisotopic (exact) mass is 292 g/mol. The predicted molar refractivity (Wildman–Crippen MR) is 87.4 cm³/mol. The van der Waals surface area contributed by atoms with Crippen LogP contribution in [-0.2, 0) is 6.54 Å². The van der Waals surface area contributed by atoms with Crippen molar-refractivity contribution in [1.29, 1.82) is 0 Å². The Morgan fingerprint density at radius 2 is 1.95 bits per heavy atom. The molecule has 4 heteroatoms. The van der Waals surface area contributed by atoms with Gasteiger partial charge in [-0.3, -0.25) is 9.88 Å². The van der Waals surface area contributed by atoms with Gasteiger partial charge in [-0.05, 0) is 17.7 Å². The zero-order valence-corrected chi connectivity index (χ0v) is 12.5. The number of hydrogen-bond donors (Lipinski definition) is 1. The van der Waals surface area contributed by atoms with E-state index in [1.165, 1.54) is 11.3 Å². The largest absolute Gasteiger partial charge is 0.300 e. The van der Waals surface area contributed by atoms with Crippen LogP contribution in [0.25, 0.3) is 0 Å². The summed E-state index contributed by atoms with van der Waals surface area (Å²) in [6.45, 7) is 3.14. The van der Waals surface area contributed by atoms with E-state index in [1.807, 2.05) is 18.3 Å². The number of nitrogens with one attached hydrogen (secondary N) is 1. The van der Waals surface area contributed by atoms with Crippen molar-refractivity contribution in [1.82, 2.24) is 15.3 Å². The number of pyridine rings is 1. The van der Waals surface area contributed by atoms with Crippen LogP contribution in [0.15, 0.2) is 59.8 Å². The minimum absolute atomic E-state index is 0.217. The van der Waals surface area contributed by atoms with Crippen LogP contribution in [-0.4, -0.2) is 28.7 Å². The number of fused-ring (bicyclic) bond motifs is 1. The first-order chi connectivity index (χ1) is 10.9. The quantitative estimate of drug-likeness (QED) is 0.945. The molecule has 4 rings (SSSR count). The third-order valence-electron chi connectivity index (χ3n) is 4.57. The first kappa shape index (κ1) is 13.5. The molecule has 0 bridgehead atoms. The van der Waals surface area contributed by atoms with E-state index >= 15 is 0 Å². The molecule has 1 aromatic carbocycles. The Labute approximate surface area is 130 Å². The van der Waals surface area contributed by atoms with Gasteiger partial charge in [-0.25, -0.2) is 0 Å². The highest BCUT2D eigenvalue weighted by Crippen LogP contribution is 2.31. The van der Waals surface area contributed by atoms with E-state index in [0.717, 1.165) is 31.7 Å². The lowest BCUT2D eigenvalue weighted by Crippen LogP contribution is -2.41. The summed E-state index contributed by atoms with van der Waals surface area (Å²) >= 11 is 0. The Bertz CT molecular complexity index is 653. The smallest absolute Gasteiger partial charge is 0.0953 e. The zero-order chi connectivity index (χ0) is 14.8. The van der Waals surface area contributed by atoms with E-state index in [0.29, 0.717) is 5.92 Å². The molecule has 2 aromatic rings. The highest BCUT2D eigenvalue weighted by Gasteiger charge is 2.37. The highest BCUT2D eigenvalue weighted by molar-refractivity contribution is 5.89. The molecule has 0 aliphatic carbocycles. The molecule has 0 saturated carbocycles.